The smallest absolute Gasteiger partial charge is 0.103 e. The van der Waals surface area contributed by atoms with Gasteiger partial charge in [0.25, 0.3) is 0 Å². The van der Waals surface area contributed by atoms with Crippen LogP contribution in [0.15, 0.2) is 41.1 Å². The molecule has 1 aromatic carbocycles. The van der Waals surface area contributed by atoms with E-state index in [1.807, 2.05) is 31.3 Å². The summed E-state index contributed by atoms with van der Waals surface area (Å²) < 4.78 is 2.71. The van der Waals surface area contributed by atoms with Gasteiger partial charge in [-0.25, -0.2) is 0 Å². The maximum Gasteiger partial charge on any atom is 0.103 e. The van der Waals surface area contributed by atoms with Gasteiger partial charge in [0.15, 0.2) is 0 Å². The van der Waals surface area contributed by atoms with Gasteiger partial charge >= 0.3 is 0 Å². The molecule has 6 heteroatoms. The van der Waals surface area contributed by atoms with E-state index in [9.17, 15) is 5.26 Å². The Labute approximate surface area is 130 Å². The van der Waals surface area contributed by atoms with Crippen molar-refractivity contribution in [3.05, 3.63) is 52.4 Å². The molecule has 0 aliphatic rings. The van der Waals surface area contributed by atoms with Crippen molar-refractivity contribution in [2.75, 3.05) is 5.32 Å². The van der Waals surface area contributed by atoms with Crippen LogP contribution < -0.4 is 5.32 Å². The van der Waals surface area contributed by atoms with Crippen molar-refractivity contribution in [1.82, 2.24) is 14.8 Å². The molecule has 0 atom stereocenters. The number of halogens is 1. The van der Waals surface area contributed by atoms with Gasteiger partial charge in [0.2, 0.25) is 0 Å². The first-order valence-corrected chi connectivity index (χ1v) is 7.18. The van der Waals surface area contributed by atoms with Crippen LogP contribution in [0.5, 0.6) is 0 Å². The first-order valence-electron chi connectivity index (χ1n) is 6.39. The first kappa shape index (κ1) is 13.6. The zero-order valence-electron chi connectivity index (χ0n) is 11.3. The quantitative estimate of drug-likeness (QED) is 0.794. The Balaban J connectivity index is 2.06. The average molecular weight is 342 g/mol. The van der Waals surface area contributed by atoms with Crippen molar-refractivity contribution < 1.29 is 0 Å². The lowest BCUT2D eigenvalue weighted by Gasteiger charge is -2.12. The van der Waals surface area contributed by atoms with Crippen LogP contribution in [0, 0.1) is 11.3 Å². The molecule has 21 heavy (non-hydrogen) atoms. The Hall–Kier alpha value is -2.39. The van der Waals surface area contributed by atoms with Crippen LogP contribution in [0.25, 0.3) is 10.9 Å². The molecule has 2 aromatic heterocycles. The summed E-state index contributed by atoms with van der Waals surface area (Å²) in [7, 11) is 1.89. The third-order valence-corrected chi connectivity index (χ3v) is 3.98. The Bertz CT molecular complexity index is 847. The normalized spacial score (nSPS) is 10.5. The molecule has 104 valence electrons. The first-order chi connectivity index (χ1) is 10.2. The fourth-order valence-electron chi connectivity index (χ4n) is 2.22. The van der Waals surface area contributed by atoms with E-state index < -0.39 is 0 Å². The summed E-state index contributed by atoms with van der Waals surface area (Å²) in [4.78, 5) is 4.35. The highest BCUT2D eigenvalue weighted by atomic mass is 79.9. The van der Waals surface area contributed by atoms with E-state index in [1.165, 1.54) is 0 Å². The number of fused-ring (bicyclic) bond motifs is 1. The summed E-state index contributed by atoms with van der Waals surface area (Å²) >= 11 is 3.49. The highest BCUT2D eigenvalue weighted by Crippen LogP contribution is 2.30. The number of hydrogen-bond donors (Lipinski definition) is 1. The second-order valence-corrected chi connectivity index (χ2v) is 5.45. The number of nitrogens with one attached hydrogen (secondary N) is 1. The second kappa shape index (κ2) is 5.54. The monoisotopic (exact) mass is 341 g/mol. The number of aromatic nitrogens is 3. The van der Waals surface area contributed by atoms with Gasteiger partial charge in [0.1, 0.15) is 6.07 Å². The Morgan fingerprint density at radius 3 is 2.95 bits per heavy atom. The fraction of sp³-hybridized carbons (Fsp3) is 0.133. The predicted molar refractivity (Wildman–Crippen MR) is 84.7 cm³/mol. The van der Waals surface area contributed by atoms with Crippen molar-refractivity contribution >= 4 is 32.5 Å². The number of anilines is 1. The minimum atomic E-state index is 0.530. The lowest BCUT2D eigenvalue weighted by molar-refractivity contribution is 0.720. The zero-order valence-corrected chi connectivity index (χ0v) is 12.9. The summed E-state index contributed by atoms with van der Waals surface area (Å²) in [6.07, 6.45) is 3.35. The molecule has 3 aromatic rings. The number of nitrogens with zero attached hydrogens (tertiary/aromatic N) is 4. The average Bonchev–Trinajstić information content (AvgIpc) is 2.90. The van der Waals surface area contributed by atoms with E-state index in [-0.39, 0.29) is 0 Å². The maximum absolute atomic E-state index is 9.30. The molecule has 1 N–H and O–H groups in total. The van der Waals surface area contributed by atoms with E-state index in [2.05, 4.69) is 37.4 Å². The highest BCUT2D eigenvalue weighted by molar-refractivity contribution is 9.10. The van der Waals surface area contributed by atoms with E-state index in [0.717, 1.165) is 26.8 Å². The summed E-state index contributed by atoms with van der Waals surface area (Å²) in [6.45, 7) is 0.594. The van der Waals surface area contributed by atoms with Gasteiger partial charge in [0, 0.05) is 29.3 Å². The van der Waals surface area contributed by atoms with Gasteiger partial charge in [-0.3, -0.25) is 9.67 Å². The molecule has 0 unspecified atom stereocenters. The maximum atomic E-state index is 9.30. The molecular formula is C15H12BrN5. The number of para-hydroxylation sites is 1. The largest absolute Gasteiger partial charge is 0.378 e. The molecule has 0 spiro atoms. The van der Waals surface area contributed by atoms with Crippen molar-refractivity contribution in [3.8, 4) is 6.07 Å². The summed E-state index contributed by atoms with van der Waals surface area (Å²) in [5.74, 6) is 0. The van der Waals surface area contributed by atoms with Crippen molar-refractivity contribution in [2.45, 2.75) is 6.54 Å². The number of hydrogen-bond acceptors (Lipinski definition) is 4. The minimum absolute atomic E-state index is 0.530. The molecule has 0 saturated carbocycles. The van der Waals surface area contributed by atoms with Crippen molar-refractivity contribution in [3.63, 3.8) is 0 Å². The van der Waals surface area contributed by atoms with Crippen LogP contribution in [-0.4, -0.2) is 14.8 Å². The van der Waals surface area contributed by atoms with E-state index in [4.69, 9.17) is 0 Å². The van der Waals surface area contributed by atoms with Crippen LogP contribution in [0.4, 0.5) is 5.69 Å². The summed E-state index contributed by atoms with van der Waals surface area (Å²) in [6, 6.07) is 9.96. The Morgan fingerprint density at radius 1 is 1.38 bits per heavy atom. The second-order valence-electron chi connectivity index (χ2n) is 4.59. The van der Waals surface area contributed by atoms with E-state index >= 15 is 0 Å². The lowest BCUT2D eigenvalue weighted by atomic mass is 10.1. The SMILES string of the molecule is Cn1nccc1CNc1c(C#N)cnc2c(Br)cccc12. The van der Waals surface area contributed by atoms with Gasteiger partial charge in [-0.2, -0.15) is 10.4 Å². The van der Waals surface area contributed by atoms with Crippen LogP contribution in [0.3, 0.4) is 0 Å². The third kappa shape index (κ3) is 2.48. The number of aryl methyl sites for hydroxylation is 1. The van der Waals surface area contributed by atoms with Gasteiger partial charge < -0.3 is 5.32 Å². The van der Waals surface area contributed by atoms with Crippen LogP contribution >= 0.6 is 15.9 Å². The van der Waals surface area contributed by atoms with Crippen molar-refractivity contribution in [2.24, 2.45) is 7.05 Å². The molecular weight excluding hydrogens is 330 g/mol. The predicted octanol–water partition coefficient (Wildman–Crippen LogP) is 3.21. The lowest BCUT2D eigenvalue weighted by Crippen LogP contribution is -2.07. The Kier molecular flexibility index (Phi) is 3.59. The van der Waals surface area contributed by atoms with Gasteiger partial charge in [0.05, 0.1) is 29.0 Å². The molecule has 0 amide bonds. The van der Waals surface area contributed by atoms with Crippen LogP contribution in [0.2, 0.25) is 0 Å². The number of nitriles is 1. The Morgan fingerprint density at radius 2 is 2.24 bits per heavy atom. The summed E-state index contributed by atoms with van der Waals surface area (Å²) in [5, 5.41) is 17.7. The molecule has 2 heterocycles. The van der Waals surface area contributed by atoms with Gasteiger partial charge in [-0.05, 0) is 28.1 Å². The number of pyridine rings is 1. The van der Waals surface area contributed by atoms with E-state index in [1.54, 1.807) is 17.1 Å². The topological polar surface area (TPSA) is 66.5 Å². The van der Waals surface area contributed by atoms with Crippen LogP contribution in [0.1, 0.15) is 11.3 Å². The highest BCUT2D eigenvalue weighted by Gasteiger charge is 2.11. The van der Waals surface area contributed by atoms with Crippen molar-refractivity contribution in [1.29, 1.82) is 5.26 Å². The minimum Gasteiger partial charge on any atom is -0.378 e. The van der Waals surface area contributed by atoms with E-state index in [0.29, 0.717) is 12.1 Å². The number of rotatable bonds is 3. The van der Waals surface area contributed by atoms with Gasteiger partial charge in [-0.15, -0.1) is 0 Å². The molecule has 0 aliphatic carbocycles. The fourth-order valence-corrected chi connectivity index (χ4v) is 2.68. The molecule has 0 aliphatic heterocycles. The standard InChI is InChI=1S/C15H12BrN5/c1-21-11(5-6-20-21)9-19-14-10(7-17)8-18-15-12(14)3-2-4-13(15)16/h2-6,8H,9H2,1H3,(H,18,19). The molecule has 5 nitrogen and oxygen atoms in total. The number of benzene rings is 1. The summed E-state index contributed by atoms with van der Waals surface area (Å²) in [5.41, 5.74) is 3.20. The zero-order chi connectivity index (χ0) is 14.8. The third-order valence-electron chi connectivity index (χ3n) is 3.34. The molecule has 3 rings (SSSR count). The molecule has 0 saturated heterocycles. The molecule has 0 fully saturated rings. The van der Waals surface area contributed by atoms with Crippen LogP contribution in [-0.2, 0) is 13.6 Å². The van der Waals surface area contributed by atoms with Gasteiger partial charge in [-0.1, -0.05) is 12.1 Å². The molecule has 0 bridgehead atoms. The molecule has 0 radical (unpaired) electrons.